The highest BCUT2D eigenvalue weighted by molar-refractivity contribution is 5.98. The molecule has 0 radical (unpaired) electrons. The van der Waals surface area contributed by atoms with Gasteiger partial charge < -0.3 is 4.74 Å². The number of ketones is 1. The Hall–Kier alpha value is -1.84. The topological polar surface area (TPSA) is 53.3 Å². The van der Waals surface area contributed by atoms with E-state index in [0.717, 1.165) is 12.1 Å². The lowest BCUT2D eigenvalue weighted by Gasteiger charge is -2.46. The Bertz CT molecular complexity index is 619. The van der Waals surface area contributed by atoms with Crippen LogP contribution >= 0.6 is 0 Å². The number of Topliss-reactive ketones (excluding diaryl/α,β-unsaturated/α-hetero) is 1. The first-order chi connectivity index (χ1) is 10.5. The Morgan fingerprint density at radius 2 is 1.82 bits per heavy atom. The van der Waals surface area contributed by atoms with Crippen molar-refractivity contribution in [2.75, 3.05) is 20.3 Å². The molecule has 1 aromatic carbocycles. The predicted octanol–water partition coefficient (Wildman–Crippen LogP) is 2.13. The van der Waals surface area contributed by atoms with Crippen molar-refractivity contribution in [3.63, 3.8) is 0 Å². The molecule has 2 heterocycles. The molecule has 2 saturated heterocycles. The second-order valence-corrected chi connectivity index (χ2v) is 5.97. The van der Waals surface area contributed by atoms with Gasteiger partial charge in [-0.05, 0) is 32.0 Å². The number of benzene rings is 1. The summed E-state index contributed by atoms with van der Waals surface area (Å²) in [5.41, 5.74) is -0.646. The summed E-state index contributed by atoms with van der Waals surface area (Å²) in [6, 6.07) is 3.72. The third-order valence-corrected chi connectivity index (χ3v) is 4.69. The first-order valence-electron chi connectivity index (χ1n) is 7.24. The van der Waals surface area contributed by atoms with Gasteiger partial charge in [0, 0.05) is 23.6 Å². The maximum absolute atomic E-state index is 13.7. The molecule has 2 bridgehead atoms. The average molecular weight is 306 g/mol. The van der Waals surface area contributed by atoms with Crippen LogP contribution in [0, 0.1) is 28.9 Å². The van der Waals surface area contributed by atoms with Gasteiger partial charge in [0.25, 0.3) is 0 Å². The molecule has 2 unspecified atom stereocenters. The zero-order valence-corrected chi connectivity index (χ0v) is 12.2. The first kappa shape index (κ1) is 15.1. The van der Waals surface area contributed by atoms with Gasteiger partial charge in [0.05, 0.1) is 13.2 Å². The molecular formula is C16H16F2N2O2. The molecule has 1 aromatic rings. The molecule has 4 nitrogen and oxygen atoms in total. The van der Waals surface area contributed by atoms with E-state index in [1.165, 1.54) is 6.07 Å². The number of hydrogen-bond donors (Lipinski definition) is 0. The number of nitriles is 1. The molecule has 22 heavy (non-hydrogen) atoms. The smallest absolute Gasteiger partial charge is 0.166 e. The lowest BCUT2D eigenvalue weighted by atomic mass is 9.81. The minimum atomic E-state index is -0.984. The Labute approximate surface area is 127 Å². The fourth-order valence-electron chi connectivity index (χ4n) is 3.37. The zero-order chi connectivity index (χ0) is 15.9. The Balaban J connectivity index is 1.85. The molecule has 3 rings (SSSR count). The molecule has 0 aliphatic carbocycles. The zero-order valence-electron chi connectivity index (χ0n) is 12.2. The number of hydrogen-bond acceptors (Lipinski definition) is 4. The average Bonchev–Trinajstić information content (AvgIpc) is 2.46. The van der Waals surface area contributed by atoms with Crippen LogP contribution in [-0.2, 0) is 4.74 Å². The van der Waals surface area contributed by atoms with Crippen LogP contribution in [0.3, 0.4) is 0 Å². The minimum absolute atomic E-state index is 0.00236. The van der Waals surface area contributed by atoms with Crippen LogP contribution in [0.2, 0.25) is 0 Å². The first-order valence-corrected chi connectivity index (χ1v) is 7.24. The van der Waals surface area contributed by atoms with Gasteiger partial charge in [-0.1, -0.05) is 0 Å². The van der Waals surface area contributed by atoms with Crippen molar-refractivity contribution < 1.29 is 18.3 Å². The van der Waals surface area contributed by atoms with Gasteiger partial charge in [-0.2, -0.15) is 5.26 Å². The minimum Gasteiger partial charge on any atom is -0.378 e. The molecule has 2 atom stereocenters. The summed E-state index contributed by atoms with van der Waals surface area (Å²) < 4.78 is 32.9. The SMILES string of the molecule is CN1C2COCC1CC(C(=O)c1cc(F)c(C#N)c(F)c1)C2. The third-order valence-electron chi connectivity index (χ3n) is 4.69. The van der Waals surface area contributed by atoms with Crippen molar-refractivity contribution in [2.45, 2.75) is 24.9 Å². The molecule has 0 aromatic heterocycles. The van der Waals surface area contributed by atoms with E-state index in [9.17, 15) is 13.6 Å². The van der Waals surface area contributed by atoms with Crippen LogP contribution in [0.5, 0.6) is 0 Å². The standard InChI is InChI=1S/C16H16F2N2O2/c1-20-11-2-9(3-12(20)8-22-7-11)16(21)10-4-14(17)13(6-19)15(18)5-10/h4-5,9,11-12H,2-3,7-8H2,1H3. The van der Waals surface area contributed by atoms with Crippen molar-refractivity contribution in [1.29, 1.82) is 5.26 Å². The second kappa shape index (κ2) is 5.75. The number of nitrogens with zero attached hydrogens (tertiary/aromatic N) is 2. The lowest BCUT2D eigenvalue weighted by molar-refractivity contribution is -0.0702. The Morgan fingerprint density at radius 1 is 1.27 bits per heavy atom. The van der Waals surface area contributed by atoms with E-state index >= 15 is 0 Å². The van der Waals surface area contributed by atoms with Crippen molar-refractivity contribution in [3.8, 4) is 6.07 Å². The summed E-state index contributed by atoms with van der Waals surface area (Å²) >= 11 is 0. The van der Waals surface area contributed by atoms with Gasteiger partial charge >= 0.3 is 0 Å². The lowest BCUT2D eigenvalue weighted by Crippen LogP contribution is -2.55. The molecule has 0 amide bonds. The number of carbonyl (C=O) groups is 1. The van der Waals surface area contributed by atoms with Crippen LogP contribution in [0.15, 0.2) is 12.1 Å². The quantitative estimate of drug-likeness (QED) is 0.786. The molecule has 6 heteroatoms. The van der Waals surface area contributed by atoms with Crippen LogP contribution < -0.4 is 0 Å². The molecule has 0 N–H and O–H groups in total. The summed E-state index contributed by atoms with van der Waals surface area (Å²) in [6.07, 6.45) is 1.24. The van der Waals surface area contributed by atoms with E-state index in [1.54, 1.807) is 0 Å². The van der Waals surface area contributed by atoms with E-state index in [4.69, 9.17) is 10.00 Å². The Morgan fingerprint density at radius 3 is 2.32 bits per heavy atom. The predicted molar refractivity (Wildman–Crippen MR) is 74.3 cm³/mol. The largest absolute Gasteiger partial charge is 0.378 e. The Kier molecular flexibility index (Phi) is 3.94. The molecule has 116 valence electrons. The molecule has 0 saturated carbocycles. The van der Waals surface area contributed by atoms with Crippen LogP contribution in [-0.4, -0.2) is 43.0 Å². The molecule has 0 spiro atoms. The van der Waals surface area contributed by atoms with Gasteiger partial charge in [0.15, 0.2) is 5.78 Å². The number of halogens is 2. The van der Waals surface area contributed by atoms with Gasteiger partial charge in [0.1, 0.15) is 23.3 Å². The fourth-order valence-corrected chi connectivity index (χ4v) is 3.37. The van der Waals surface area contributed by atoms with Crippen molar-refractivity contribution in [3.05, 3.63) is 34.9 Å². The van der Waals surface area contributed by atoms with Gasteiger partial charge in [-0.3, -0.25) is 9.69 Å². The normalized spacial score (nSPS) is 28.2. The van der Waals surface area contributed by atoms with Crippen LogP contribution in [0.1, 0.15) is 28.8 Å². The molecule has 2 fully saturated rings. The highest BCUT2D eigenvalue weighted by Crippen LogP contribution is 2.32. The number of rotatable bonds is 2. The summed E-state index contributed by atoms with van der Waals surface area (Å²) in [5, 5.41) is 8.68. The van der Waals surface area contributed by atoms with Crippen molar-refractivity contribution in [2.24, 2.45) is 5.92 Å². The fraction of sp³-hybridized carbons (Fsp3) is 0.500. The summed E-state index contributed by atoms with van der Waals surface area (Å²) in [5.74, 6) is -2.49. The van der Waals surface area contributed by atoms with E-state index in [1.807, 2.05) is 7.05 Å². The monoisotopic (exact) mass is 306 g/mol. The third kappa shape index (κ3) is 2.51. The maximum Gasteiger partial charge on any atom is 0.166 e. The van der Waals surface area contributed by atoms with Crippen molar-refractivity contribution in [1.82, 2.24) is 4.90 Å². The number of morpholine rings is 1. The summed E-state index contributed by atoms with van der Waals surface area (Å²) in [4.78, 5) is 14.8. The maximum atomic E-state index is 13.7. The van der Waals surface area contributed by atoms with Crippen LogP contribution in [0.4, 0.5) is 8.78 Å². The highest BCUT2D eigenvalue weighted by Gasteiger charge is 2.39. The van der Waals surface area contributed by atoms with Gasteiger partial charge in [-0.25, -0.2) is 8.78 Å². The molecule has 2 aliphatic heterocycles. The van der Waals surface area contributed by atoms with Crippen molar-refractivity contribution >= 4 is 5.78 Å². The number of likely N-dealkylation sites (N-methyl/N-ethyl adjacent to an activating group) is 1. The number of fused-ring (bicyclic) bond motifs is 2. The number of piperidine rings is 1. The van der Waals surface area contributed by atoms with E-state index in [-0.39, 0.29) is 29.3 Å². The van der Waals surface area contributed by atoms with E-state index < -0.39 is 17.2 Å². The molecular weight excluding hydrogens is 290 g/mol. The summed E-state index contributed by atoms with van der Waals surface area (Å²) in [6.45, 7) is 1.15. The highest BCUT2D eigenvalue weighted by atomic mass is 19.1. The number of ether oxygens (including phenoxy) is 1. The van der Waals surface area contributed by atoms with Gasteiger partial charge in [0.2, 0.25) is 0 Å². The summed E-state index contributed by atoms with van der Waals surface area (Å²) in [7, 11) is 2.01. The van der Waals surface area contributed by atoms with Crippen LogP contribution in [0.25, 0.3) is 0 Å². The van der Waals surface area contributed by atoms with Gasteiger partial charge in [-0.15, -0.1) is 0 Å². The van der Waals surface area contributed by atoms with E-state index in [2.05, 4.69) is 4.90 Å². The second-order valence-electron chi connectivity index (χ2n) is 5.97. The molecule has 2 aliphatic rings. The number of carbonyl (C=O) groups excluding carboxylic acids is 1. The van der Waals surface area contributed by atoms with E-state index in [0.29, 0.717) is 26.1 Å².